The fraction of sp³-hybridized carbons (Fsp3) is 0.621. The van der Waals surface area contributed by atoms with E-state index >= 15 is 0 Å². The molecule has 3 heterocycles. The quantitative estimate of drug-likeness (QED) is 0.184. The van der Waals surface area contributed by atoms with Crippen LogP contribution in [0.25, 0.3) is 0 Å². The zero-order valence-electron chi connectivity index (χ0n) is 24.0. The van der Waals surface area contributed by atoms with E-state index in [1.54, 1.807) is 26.2 Å². The minimum absolute atomic E-state index is 0.0211. The Bertz CT molecular complexity index is 1230. The van der Waals surface area contributed by atoms with Crippen LogP contribution in [0, 0.1) is 0 Å². The number of rotatable bonds is 13. The van der Waals surface area contributed by atoms with Gasteiger partial charge in [-0.15, -0.1) is 0 Å². The van der Waals surface area contributed by atoms with Crippen LogP contribution in [0.3, 0.4) is 0 Å². The molecule has 0 bridgehead atoms. The van der Waals surface area contributed by atoms with Crippen LogP contribution in [0.5, 0.6) is 0 Å². The largest absolute Gasteiger partial charge is 0.375 e. The summed E-state index contributed by atoms with van der Waals surface area (Å²) in [5.41, 5.74) is 0.463. The minimum Gasteiger partial charge on any atom is -0.375 e. The number of ketones is 1. The highest BCUT2D eigenvalue weighted by molar-refractivity contribution is 5.98. The number of pyridine rings is 1. The summed E-state index contributed by atoms with van der Waals surface area (Å²) in [6.45, 7) is 5.32. The third kappa shape index (κ3) is 8.57. The van der Waals surface area contributed by atoms with Crippen molar-refractivity contribution >= 4 is 23.5 Å². The Balaban J connectivity index is 1.46. The van der Waals surface area contributed by atoms with Gasteiger partial charge >= 0.3 is 0 Å². The number of aromatic nitrogens is 1. The molecule has 1 unspecified atom stereocenters. The van der Waals surface area contributed by atoms with Gasteiger partial charge in [0, 0.05) is 38.8 Å². The van der Waals surface area contributed by atoms with Crippen molar-refractivity contribution in [2.75, 3.05) is 26.3 Å². The Hall–Kier alpha value is -3.35. The van der Waals surface area contributed by atoms with Crippen molar-refractivity contribution in [1.82, 2.24) is 25.8 Å². The number of Topliss-reactive ketones (excluding diaryl/α,β-unsaturated/α-hetero) is 1. The van der Waals surface area contributed by atoms with E-state index in [0.29, 0.717) is 31.7 Å². The van der Waals surface area contributed by atoms with Crippen molar-refractivity contribution in [2.24, 2.45) is 7.05 Å². The lowest BCUT2D eigenvalue weighted by Crippen LogP contribution is -2.57. The van der Waals surface area contributed by atoms with Crippen LogP contribution in [-0.2, 0) is 42.1 Å². The summed E-state index contributed by atoms with van der Waals surface area (Å²) in [5.74, 6) is -1.68. The number of allylic oxidation sites excluding steroid dienone is 1. The molecule has 4 rings (SSSR count). The Kier molecular flexibility index (Phi) is 10.1. The molecule has 1 aromatic heterocycles. The molecule has 0 radical (unpaired) electrons. The molecule has 2 saturated heterocycles. The summed E-state index contributed by atoms with van der Waals surface area (Å²) in [4.78, 5) is 64.8. The summed E-state index contributed by atoms with van der Waals surface area (Å²) in [7, 11) is 1.62. The maximum Gasteiger partial charge on any atom is 0.250 e. The lowest BCUT2D eigenvalue weighted by Gasteiger charge is -2.26. The number of morpholine rings is 1. The first-order valence-corrected chi connectivity index (χ1v) is 14.3. The van der Waals surface area contributed by atoms with Crippen LogP contribution in [0.4, 0.5) is 0 Å². The van der Waals surface area contributed by atoms with Crippen LogP contribution < -0.4 is 26.8 Å². The van der Waals surface area contributed by atoms with Gasteiger partial charge in [-0.05, 0) is 51.2 Å². The van der Waals surface area contributed by atoms with Crippen LogP contribution in [0.2, 0.25) is 0 Å². The molecular weight excluding hydrogens is 530 g/mol. The minimum atomic E-state index is -1.10. The van der Waals surface area contributed by atoms with E-state index < -0.39 is 35.5 Å². The van der Waals surface area contributed by atoms with Gasteiger partial charge in [0.1, 0.15) is 17.7 Å². The standard InChI is InChI=1S/C29H41N5O7/c1-18(31-24(35)15-21-16-30-9-11-40-21)27(38)33-23(13-20-8-10-34(3)25(36)14-20)28(39)32-22(12-19-6-4-5-7-19)26(37)29(2)17-41-29/h6,8,10,14,18,21-23,30H,4-5,7,9,11-13,15-17H2,1-3H3,(H,31,35)(H,32,39)(H,33,38)/t18-,21?,22-,23-,29+/m0/s1. The molecule has 2 aliphatic heterocycles. The number of nitrogens with one attached hydrogen (secondary N) is 4. The number of ether oxygens (including phenoxy) is 2. The molecule has 12 nitrogen and oxygen atoms in total. The predicted molar refractivity (Wildman–Crippen MR) is 150 cm³/mol. The first-order chi connectivity index (χ1) is 19.5. The highest BCUT2D eigenvalue weighted by atomic mass is 16.6. The summed E-state index contributed by atoms with van der Waals surface area (Å²) in [5, 5.41) is 11.4. The molecule has 1 aliphatic carbocycles. The normalized spacial score (nSPS) is 24.0. The van der Waals surface area contributed by atoms with Crippen molar-refractivity contribution in [2.45, 2.75) is 82.2 Å². The Morgan fingerprint density at radius 2 is 1.90 bits per heavy atom. The molecule has 41 heavy (non-hydrogen) atoms. The first kappa shape index (κ1) is 30.6. The highest BCUT2D eigenvalue weighted by Crippen LogP contribution is 2.31. The van der Waals surface area contributed by atoms with Crippen LogP contribution in [0.15, 0.2) is 34.8 Å². The average Bonchev–Trinajstić information content (AvgIpc) is 3.48. The summed E-state index contributed by atoms with van der Waals surface area (Å²) in [6.07, 6.45) is 6.71. The predicted octanol–water partition coefficient (Wildman–Crippen LogP) is -0.361. The molecule has 4 N–H and O–H groups in total. The van der Waals surface area contributed by atoms with Gasteiger partial charge in [0.25, 0.3) is 5.56 Å². The number of aryl methyl sites for hydroxylation is 1. The van der Waals surface area contributed by atoms with Gasteiger partial charge in [0.05, 0.1) is 31.8 Å². The second-order valence-corrected chi connectivity index (χ2v) is 11.3. The van der Waals surface area contributed by atoms with E-state index in [9.17, 15) is 24.0 Å². The van der Waals surface area contributed by atoms with Crippen molar-refractivity contribution in [3.8, 4) is 0 Å². The fourth-order valence-electron chi connectivity index (χ4n) is 5.07. The van der Waals surface area contributed by atoms with Gasteiger partial charge in [-0.25, -0.2) is 0 Å². The smallest absolute Gasteiger partial charge is 0.250 e. The molecule has 0 saturated carbocycles. The molecule has 0 aromatic carbocycles. The average molecular weight is 572 g/mol. The van der Waals surface area contributed by atoms with Gasteiger partial charge in [0.2, 0.25) is 17.7 Å². The summed E-state index contributed by atoms with van der Waals surface area (Å²) < 4.78 is 12.3. The second-order valence-electron chi connectivity index (χ2n) is 11.3. The Morgan fingerprint density at radius 3 is 2.54 bits per heavy atom. The fourth-order valence-corrected chi connectivity index (χ4v) is 5.07. The Labute approximate surface area is 239 Å². The van der Waals surface area contributed by atoms with E-state index in [1.165, 1.54) is 17.6 Å². The van der Waals surface area contributed by atoms with Gasteiger partial charge < -0.3 is 35.3 Å². The molecule has 2 fully saturated rings. The van der Waals surface area contributed by atoms with E-state index in [4.69, 9.17) is 9.47 Å². The van der Waals surface area contributed by atoms with Crippen LogP contribution in [0.1, 0.15) is 51.5 Å². The zero-order valence-corrected chi connectivity index (χ0v) is 24.0. The van der Waals surface area contributed by atoms with Crippen molar-refractivity contribution in [3.63, 3.8) is 0 Å². The Morgan fingerprint density at radius 1 is 1.15 bits per heavy atom. The first-order valence-electron chi connectivity index (χ1n) is 14.3. The molecule has 3 aliphatic rings. The topological polar surface area (TPSA) is 160 Å². The zero-order chi connectivity index (χ0) is 29.6. The molecular formula is C29H41N5O7. The summed E-state index contributed by atoms with van der Waals surface area (Å²) >= 11 is 0. The molecule has 12 heteroatoms. The van der Waals surface area contributed by atoms with Crippen molar-refractivity contribution < 1.29 is 28.7 Å². The van der Waals surface area contributed by atoms with Crippen LogP contribution >= 0.6 is 0 Å². The van der Waals surface area contributed by atoms with Crippen molar-refractivity contribution in [1.29, 1.82) is 0 Å². The third-order valence-electron chi connectivity index (χ3n) is 7.76. The summed E-state index contributed by atoms with van der Waals surface area (Å²) in [6, 6.07) is 0.255. The molecule has 3 amide bonds. The molecule has 1 aromatic rings. The highest BCUT2D eigenvalue weighted by Gasteiger charge is 2.50. The number of hydrogen-bond donors (Lipinski definition) is 4. The molecule has 224 valence electrons. The molecule has 0 spiro atoms. The number of hydrogen-bond acceptors (Lipinski definition) is 8. The van der Waals surface area contributed by atoms with E-state index in [0.717, 1.165) is 31.4 Å². The number of carbonyl (C=O) groups is 4. The van der Waals surface area contributed by atoms with E-state index in [1.807, 2.05) is 0 Å². The molecule has 5 atom stereocenters. The lowest BCUT2D eigenvalue weighted by molar-refractivity contribution is -0.134. The van der Waals surface area contributed by atoms with Crippen LogP contribution in [-0.4, -0.2) is 84.2 Å². The van der Waals surface area contributed by atoms with Gasteiger partial charge in [-0.1, -0.05) is 11.6 Å². The van der Waals surface area contributed by atoms with Gasteiger partial charge in [-0.2, -0.15) is 0 Å². The van der Waals surface area contributed by atoms with E-state index in [-0.39, 0.29) is 36.2 Å². The number of carbonyl (C=O) groups excluding carboxylic acids is 4. The van der Waals surface area contributed by atoms with E-state index in [2.05, 4.69) is 27.3 Å². The lowest BCUT2D eigenvalue weighted by atomic mass is 9.94. The number of amides is 3. The van der Waals surface area contributed by atoms with Crippen molar-refractivity contribution in [3.05, 3.63) is 45.9 Å². The second kappa shape index (κ2) is 13.5. The monoisotopic (exact) mass is 571 g/mol. The maximum atomic E-state index is 13.6. The SMILES string of the molecule is C[C@H](NC(=O)CC1CNCCO1)C(=O)N[C@@H](Cc1ccn(C)c(=O)c1)C(=O)N[C@@H](CC1=CCCC1)C(=O)[C@@]1(C)CO1. The number of epoxide rings is 1. The van der Waals surface area contributed by atoms with Gasteiger partial charge in [0.15, 0.2) is 5.78 Å². The third-order valence-corrected chi connectivity index (χ3v) is 7.76. The maximum absolute atomic E-state index is 13.6. The van der Waals surface area contributed by atoms with Gasteiger partial charge in [-0.3, -0.25) is 24.0 Å². The number of nitrogens with zero attached hydrogens (tertiary/aromatic N) is 1.